The Bertz CT molecular complexity index is 211. The summed E-state index contributed by atoms with van der Waals surface area (Å²) in [5.74, 6) is -0.0862. The number of hydrazine groups is 1. The van der Waals surface area contributed by atoms with Gasteiger partial charge in [0.05, 0.1) is 6.04 Å². The van der Waals surface area contributed by atoms with Crippen molar-refractivity contribution in [3.8, 4) is 0 Å². The number of nitrogens with zero attached hydrogens (tertiary/aromatic N) is 2. The number of nitrogens with two attached hydrogens (primary N) is 1. The third-order valence-electron chi connectivity index (χ3n) is 2.10. The molecule has 1 aliphatic rings. The van der Waals surface area contributed by atoms with E-state index in [0.29, 0.717) is 0 Å². The average molecular weight is 186 g/mol. The van der Waals surface area contributed by atoms with Gasteiger partial charge in [-0.3, -0.25) is 0 Å². The largest absolute Gasteiger partial charge is 0.365 e. The number of nitro groups is 1. The average Bonchev–Trinajstić information content (AvgIpc) is 2.04. The first-order valence-corrected chi connectivity index (χ1v) is 4.43. The summed E-state index contributed by atoms with van der Waals surface area (Å²) < 4.78 is 0. The minimum absolute atomic E-state index is 0.0862. The molecule has 0 aromatic carbocycles. The van der Waals surface area contributed by atoms with Crippen LogP contribution in [0.3, 0.4) is 0 Å². The molecule has 0 radical (unpaired) electrons. The molecule has 3 N–H and O–H groups in total. The summed E-state index contributed by atoms with van der Waals surface area (Å²) in [6, 6.07) is 0.168. The lowest BCUT2D eigenvalue weighted by atomic mass is 9.96. The van der Waals surface area contributed by atoms with Gasteiger partial charge in [-0.15, -0.1) is 0 Å². The van der Waals surface area contributed by atoms with Crippen molar-refractivity contribution in [2.75, 3.05) is 0 Å². The Morgan fingerprint density at radius 1 is 1.46 bits per heavy atom. The first kappa shape index (κ1) is 9.76. The molecule has 1 aliphatic carbocycles. The third-order valence-corrected chi connectivity index (χ3v) is 2.10. The molecule has 0 aromatic rings. The van der Waals surface area contributed by atoms with Gasteiger partial charge in [0.2, 0.25) is 0 Å². The highest BCUT2D eigenvalue weighted by Crippen LogP contribution is 2.19. The summed E-state index contributed by atoms with van der Waals surface area (Å²) in [5, 5.41) is 9.29. The summed E-state index contributed by atoms with van der Waals surface area (Å²) in [5.41, 5.74) is 7.14. The van der Waals surface area contributed by atoms with Gasteiger partial charge >= 0.3 is 0 Å². The fraction of sp³-hybridized carbons (Fsp3) is 0.857. The van der Waals surface area contributed by atoms with E-state index in [1.807, 2.05) is 5.43 Å². The van der Waals surface area contributed by atoms with E-state index in [2.05, 4.69) is 4.99 Å². The molecule has 0 aliphatic heterocycles. The van der Waals surface area contributed by atoms with Gasteiger partial charge in [0.1, 0.15) is 0 Å². The van der Waals surface area contributed by atoms with E-state index in [1.165, 1.54) is 6.42 Å². The zero-order valence-electron chi connectivity index (χ0n) is 7.40. The Kier molecular flexibility index (Phi) is 3.48. The summed E-state index contributed by atoms with van der Waals surface area (Å²) in [7, 11) is 0. The first-order valence-electron chi connectivity index (χ1n) is 4.43. The van der Waals surface area contributed by atoms with Crippen LogP contribution in [0.25, 0.3) is 0 Å². The van der Waals surface area contributed by atoms with Gasteiger partial charge in [-0.25, -0.2) is 15.1 Å². The molecule has 0 amide bonds. The number of aliphatic imine (C=N–C) groups is 1. The van der Waals surface area contributed by atoms with Crippen LogP contribution in [0.5, 0.6) is 0 Å². The normalized spacial score (nSPS) is 19.8. The Hall–Kier alpha value is -1.33. The predicted octanol–water partition coefficient (Wildman–Crippen LogP) is 0.415. The lowest BCUT2D eigenvalue weighted by Crippen LogP contribution is -2.37. The molecule has 6 heteroatoms. The Balaban J connectivity index is 2.38. The highest BCUT2D eigenvalue weighted by molar-refractivity contribution is 5.76. The molecule has 0 spiro atoms. The fourth-order valence-corrected chi connectivity index (χ4v) is 1.53. The van der Waals surface area contributed by atoms with Crippen molar-refractivity contribution in [1.82, 2.24) is 5.43 Å². The van der Waals surface area contributed by atoms with E-state index < -0.39 is 5.03 Å². The highest BCUT2D eigenvalue weighted by atomic mass is 16.7. The van der Waals surface area contributed by atoms with Crippen LogP contribution in [0.2, 0.25) is 0 Å². The van der Waals surface area contributed by atoms with Gasteiger partial charge in [-0.2, -0.15) is 0 Å². The molecule has 1 rings (SSSR count). The molecule has 1 saturated carbocycles. The van der Waals surface area contributed by atoms with Crippen molar-refractivity contribution < 1.29 is 5.03 Å². The van der Waals surface area contributed by atoms with E-state index in [-0.39, 0.29) is 12.0 Å². The maximum atomic E-state index is 9.99. The SMILES string of the molecule is NC(=NC1CCCCC1)N[N+](=O)[O-]. The predicted molar refractivity (Wildman–Crippen MR) is 48.6 cm³/mol. The third kappa shape index (κ3) is 3.73. The second-order valence-electron chi connectivity index (χ2n) is 3.18. The van der Waals surface area contributed by atoms with Crippen molar-refractivity contribution in [3.63, 3.8) is 0 Å². The zero-order chi connectivity index (χ0) is 9.68. The molecule has 74 valence electrons. The van der Waals surface area contributed by atoms with Gasteiger partial charge in [0.15, 0.2) is 5.03 Å². The summed E-state index contributed by atoms with van der Waals surface area (Å²) >= 11 is 0. The fourth-order valence-electron chi connectivity index (χ4n) is 1.53. The molecular weight excluding hydrogens is 172 g/mol. The van der Waals surface area contributed by atoms with Crippen molar-refractivity contribution in [3.05, 3.63) is 10.1 Å². The monoisotopic (exact) mass is 186 g/mol. The molecule has 6 nitrogen and oxygen atoms in total. The molecule has 1 fully saturated rings. The molecule has 0 aromatic heterocycles. The smallest absolute Gasteiger partial charge is 0.251 e. The summed E-state index contributed by atoms with van der Waals surface area (Å²) in [6.45, 7) is 0. The molecular formula is C7H14N4O2. The second-order valence-corrected chi connectivity index (χ2v) is 3.18. The van der Waals surface area contributed by atoms with Gasteiger partial charge in [0.25, 0.3) is 5.96 Å². The zero-order valence-corrected chi connectivity index (χ0v) is 7.40. The molecule has 0 unspecified atom stereocenters. The van der Waals surface area contributed by atoms with Crippen molar-refractivity contribution in [1.29, 1.82) is 0 Å². The minimum Gasteiger partial charge on any atom is -0.365 e. The van der Waals surface area contributed by atoms with Crippen LogP contribution in [-0.2, 0) is 0 Å². The van der Waals surface area contributed by atoms with Crippen LogP contribution in [-0.4, -0.2) is 17.0 Å². The van der Waals surface area contributed by atoms with E-state index >= 15 is 0 Å². The van der Waals surface area contributed by atoms with Crippen LogP contribution in [0, 0.1) is 10.1 Å². The van der Waals surface area contributed by atoms with Crippen LogP contribution in [0.4, 0.5) is 0 Å². The topological polar surface area (TPSA) is 93.5 Å². The van der Waals surface area contributed by atoms with Gasteiger partial charge in [-0.05, 0) is 12.8 Å². The van der Waals surface area contributed by atoms with Crippen LogP contribution in [0.15, 0.2) is 4.99 Å². The van der Waals surface area contributed by atoms with Crippen molar-refractivity contribution in [2.24, 2.45) is 10.7 Å². The van der Waals surface area contributed by atoms with Gasteiger partial charge < -0.3 is 5.73 Å². The van der Waals surface area contributed by atoms with Crippen LogP contribution >= 0.6 is 0 Å². The molecule has 13 heavy (non-hydrogen) atoms. The van der Waals surface area contributed by atoms with Crippen molar-refractivity contribution >= 4 is 5.96 Å². The highest BCUT2D eigenvalue weighted by Gasteiger charge is 2.13. The lowest BCUT2D eigenvalue weighted by molar-refractivity contribution is -0.525. The Morgan fingerprint density at radius 3 is 2.62 bits per heavy atom. The number of nitrogens with one attached hydrogen (secondary N) is 1. The van der Waals surface area contributed by atoms with Gasteiger partial charge in [-0.1, -0.05) is 24.7 Å². The summed E-state index contributed by atoms with van der Waals surface area (Å²) in [4.78, 5) is 14.0. The molecule has 0 atom stereocenters. The number of hydrogen-bond donors (Lipinski definition) is 2. The number of rotatable bonds is 2. The van der Waals surface area contributed by atoms with E-state index in [0.717, 1.165) is 25.7 Å². The maximum absolute atomic E-state index is 9.99. The van der Waals surface area contributed by atoms with E-state index in [4.69, 9.17) is 5.73 Å². The summed E-state index contributed by atoms with van der Waals surface area (Å²) in [6.07, 6.45) is 5.48. The van der Waals surface area contributed by atoms with E-state index in [1.54, 1.807) is 0 Å². The first-order chi connectivity index (χ1) is 6.18. The van der Waals surface area contributed by atoms with Gasteiger partial charge in [0, 0.05) is 0 Å². The van der Waals surface area contributed by atoms with Crippen molar-refractivity contribution in [2.45, 2.75) is 38.1 Å². The Morgan fingerprint density at radius 2 is 2.08 bits per heavy atom. The van der Waals surface area contributed by atoms with E-state index in [9.17, 15) is 10.1 Å². The quantitative estimate of drug-likeness (QED) is 0.283. The second kappa shape index (κ2) is 4.64. The van der Waals surface area contributed by atoms with Crippen LogP contribution < -0.4 is 11.2 Å². The maximum Gasteiger partial charge on any atom is 0.251 e. The van der Waals surface area contributed by atoms with Crippen LogP contribution in [0.1, 0.15) is 32.1 Å². The molecule has 0 saturated heterocycles. The Labute approximate surface area is 76.3 Å². The number of guanidine groups is 1. The standard InChI is InChI=1S/C7H14N4O2/c8-7(10-11(12)13)9-6-4-2-1-3-5-6/h6H,1-5H2,(H3,8,9,10). The number of hydrogen-bond acceptors (Lipinski definition) is 3. The molecule has 0 heterocycles. The lowest BCUT2D eigenvalue weighted by Gasteiger charge is -2.17. The molecule has 0 bridgehead atoms. The minimum atomic E-state index is -0.693.